The van der Waals surface area contributed by atoms with E-state index >= 15 is 0 Å². The van der Waals surface area contributed by atoms with Gasteiger partial charge in [-0.15, -0.1) is 0 Å². The average molecular weight is 860 g/mol. The van der Waals surface area contributed by atoms with Gasteiger partial charge in [-0.25, -0.2) is 0 Å². The fourth-order valence-corrected chi connectivity index (χ4v) is 6.48. The second-order valence-electron chi connectivity index (χ2n) is 16.4. The highest BCUT2D eigenvalue weighted by Crippen LogP contribution is 2.38. The number of nitrogens with zero attached hydrogens (tertiary/aromatic N) is 1. The zero-order valence-corrected chi connectivity index (χ0v) is 39.5. The number of carbonyl (C=O) groups is 2. The van der Waals surface area contributed by atoms with Crippen LogP contribution in [-0.2, 0) is 32.7 Å². The molecule has 2 unspecified atom stereocenters. The van der Waals surface area contributed by atoms with Gasteiger partial charge in [0.15, 0.2) is 6.10 Å². The third-order valence-corrected chi connectivity index (χ3v) is 10.4. The first kappa shape index (κ1) is 57.2. The Hall–Kier alpha value is -2.81. The molecule has 2 atom stereocenters. The number of phosphoric acid groups is 1. The highest BCUT2D eigenvalue weighted by molar-refractivity contribution is 7.45. The third kappa shape index (κ3) is 44.7. The Morgan fingerprint density at radius 3 is 1.43 bits per heavy atom. The number of quaternary nitrogens is 1. The predicted molar refractivity (Wildman–Crippen MR) is 249 cm³/mol. The number of likely N-dealkylation sites (N-methyl/N-ethyl adjacent to an activating group) is 1. The molecular formula is C50H86NO8P. The Morgan fingerprint density at radius 1 is 0.533 bits per heavy atom. The van der Waals surface area contributed by atoms with Gasteiger partial charge in [-0.3, -0.25) is 14.2 Å². The lowest BCUT2D eigenvalue weighted by molar-refractivity contribution is -0.870. The van der Waals surface area contributed by atoms with Crippen molar-refractivity contribution >= 4 is 19.8 Å². The molecule has 60 heavy (non-hydrogen) atoms. The van der Waals surface area contributed by atoms with Crippen LogP contribution in [-0.4, -0.2) is 70.0 Å². The van der Waals surface area contributed by atoms with Gasteiger partial charge in [0.1, 0.15) is 19.8 Å². The molecule has 0 aliphatic carbocycles. The summed E-state index contributed by atoms with van der Waals surface area (Å²) >= 11 is 0. The summed E-state index contributed by atoms with van der Waals surface area (Å²) in [6.45, 7) is 4.02. The first-order chi connectivity index (χ1) is 29.0. The molecule has 10 heteroatoms. The number of unbranched alkanes of at least 4 members (excludes halogenated alkanes) is 13. The van der Waals surface area contributed by atoms with E-state index in [1.165, 1.54) is 12.8 Å². The van der Waals surface area contributed by atoms with Crippen LogP contribution in [0.25, 0.3) is 0 Å². The fourth-order valence-electron chi connectivity index (χ4n) is 5.75. The van der Waals surface area contributed by atoms with Gasteiger partial charge >= 0.3 is 11.9 Å². The van der Waals surface area contributed by atoms with Crippen molar-refractivity contribution in [2.75, 3.05) is 47.5 Å². The van der Waals surface area contributed by atoms with E-state index in [0.29, 0.717) is 23.9 Å². The number of allylic oxidation sites excluding steroid dienone is 14. The molecule has 0 spiro atoms. The molecule has 0 bridgehead atoms. The van der Waals surface area contributed by atoms with E-state index in [1.54, 1.807) is 0 Å². The molecule has 0 saturated carbocycles. The van der Waals surface area contributed by atoms with Crippen molar-refractivity contribution in [1.82, 2.24) is 0 Å². The normalized spacial score (nSPS) is 14.3. The number of hydrogen-bond acceptors (Lipinski definition) is 8. The van der Waals surface area contributed by atoms with Crippen LogP contribution < -0.4 is 4.89 Å². The van der Waals surface area contributed by atoms with Crippen molar-refractivity contribution in [3.05, 3.63) is 85.1 Å². The van der Waals surface area contributed by atoms with Crippen LogP contribution in [0.5, 0.6) is 0 Å². The van der Waals surface area contributed by atoms with E-state index in [4.69, 9.17) is 18.5 Å². The minimum absolute atomic E-state index is 0.0398. The topological polar surface area (TPSA) is 111 Å². The maximum absolute atomic E-state index is 12.7. The maximum atomic E-state index is 12.7. The number of ether oxygens (including phenoxy) is 2. The molecular weight excluding hydrogens is 774 g/mol. The number of rotatable bonds is 41. The van der Waals surface area contributed by atoms with E-state index in [1.807, 2.05) is 21.1 Å². The average Bonchev–Trinajstić information content (AvgIpc) is 3.20. The van der Waals surface area contributed by atoms with E-state index in [2.05, 4.69) is 98.9 Å². The lowest BCUT2D eigenvalue weighted by atomic mass is 10.1. The van der Waals surface area contributed by atoms with Crippen LogP contribution >= 0.6 is 7.82 Å². The van der Waals surface area contributed by atoms with Crippen molar-refractivity contribution in [2.24, 2.45) is 0 Å². The standard InChI is InChI=1S/C50H86NO8P/c1-6-8-10-12-14-16-18-19-20-21-22-23-24-25-26-27-28-29-30-31-33-35-37-39-41-43-50(53)59-48(47-58-60(54,55)57-45-44-51(3,4)5)46-56-49(52)42-40-38-36-34-32-17-15-13-11-9-7-2/h8,10,13-16,19-20,22-23,25-26,28-29,48H,6-7,9,11-12,17-18,21,24,27,30-47H2,1-5H3/b10-8-,15-13-,16-14-,20-19-,23-22-,26-25-,29-28-. The number of hydrogen-bond donors (Lipinski definition) is 0. The van der Waals surface area contributed by atoms with E-state index < -0.39 is 32.5 Å². The Kier molecular flexibility index (Phi) is 39.6. The second-order valence-corrected chi connectivity index (χ2v) is 17.8. The quantitative estimate of drug-likeness (QED) is 0.0196. The molecule has 344 valence electrons. The molecule has 0 N–H and O–H groups in total. The van der Waals surface area contributed by atoms with Crippen LogP contribution in [0.3, 0.4) is 0 Å². The summed E-state index contributed by atoms with van der Waals surface area (Å²) in [5.41, 5.74) is 0. The molecule has 0 rings (SSSR count). The largest absolute Gasteiger partial charge is 0.756 e. The summed E-state index contributed by atoms with van der Waals surface area (Å²) in [6, 6.07) is 0. The summed E-state index contributed by atoms with van der Waals surface area (Å²) in [6.07, 6.45) is 53.3. The van der Waals surface area contributed by atoms with Gasteiger partial charge in [0.05, 0.1) is 27.7 Å². The highest BCUT2D eigenvalue weighted by Gasteiger charge is 2.21. The molecule has 0 amide bonds. The molecule has 0 aliphatic rings. The number of esters is 2. The summed E-state index contributed by atoms with van der Waals surface area (Å²) in [7, 11) is 1.13. The molecule has 9 nitrogen and oxygen atoms in total. The predicted octanol–water partition coefficient (Wildman–Crippen LogP) is 12.9. The molecule has 0 heterocycles. The SMILES string of the molecule is CC/C=C\C/C=C\C/C=C\C/C=C\C/C=C\C/C=C\CCCCCCCCC(=O)OC(COC(=O)CCCCCCC/C=C\CCCC)COP(=O)([O-])OCC[N+](C)(C)C. The Morgan fingerprint density at radius 2 is 0.950 bits per heavy atom. The van der Waals surface area contributed by atoms with Gasteiger partial charge in [-0.05, 0) is 83.5 Å². The van der Waals surface area contributed by atoms with E-state index in [-0.39, 0.29) is 26.1 Å². The minimum atomic E-state index is -4.64. The van der Waals surface area contributed by atoms with Gasteiger partial charge in [0, 0.05) is 12.8 Å². The Labute approximate surface area is 367 Å². The molecule has 0 fully saturated rings. The lowest BCUT2D eigenvalue weighted by Gasteiger charge is -2.28. The van der Waals surface area contributed by atoms with Crippen molar-refractivity contribution in [3.8, 4) is 0 Å². The zero-order valence-electron chi connectivity index (χ0n) is 38.6. The number of phosphoric ester groups is 1. The monoisotopic (exact) mass is 860 g/mol. The van der Waals surface area contributed by atoms with E-state index in [0.717, 1.165) is 116 Å². The van der Waals surface area contributed by atoms with Crippen LogP contribution in [0.2, 0.25) is 0 Å². The highest BCUT2D eigenvalue weighted by atomic mass is 31.2. The van der Waals surface area contributed by atoms with E-state index in [9.17, 15) is 19.0 Å². The van der Waals surface area contributed by atoms with Gasteiger partial charge < -0.3 is 27.9 Å². The maximum Gasteiger partial charge on any atom is 0.306 e. The van der Waals surface area contributed by atoms with Crippen molar-refractivity contribution in [2.45, 2.75) is 174 Å². The summed E-state index contributed by atoms with van der Waals surface area (Å²) in [5.74, 6) is -0.871. The fraction of sp³-hybridized carbons (Fsp3) is 0.680. The van der Waals surface area contributed by atoms with Crippen LogP contribution in [0.1, 0.15) is 168 Å². The molecule has 0 radical (unpaired) electrons. The van der Waals surface area contributed by atoms with Crippen molar-refractivity contribution in [1.29, 1.82) is 0 Å². The molecule has 0 aromatic rings. The first-order valence-corrected chi connectivity index (χ1v) is 24.8. The lowest BCUT2D eigenvalue weighted by Crippen LogP contribution is -2.37. The summed E-state index contributed by atoms with van der Waals surface area (Å²) < 4.78 is 33.9. The van der Waals surface area contributed by atoms with Crippen LogP contribution in [0.15, 0.2) is 85.1 Å². The summed E-state index contributed by atoms with van der Waals surface area (Å²) in [4.78, 5) is 37.5. The molecule has 0 saturated heterocycles. The van der Waals surface area contributed by atoms with Gasteiger partial charge in [0.2, 0.25) is 0 Å². The van der Waals surface area contributed by atoms with Crippen LogP contribution in [0, 0.1) is 0 Å². The van der Waals surface area contributed by atoms with Crippen molar-refractivity contribution < 1.29 is 42.1 Å². The van der Waals surface area contributed by atoms with Gasteiger partial charge in [-0.2, -0.15) is 0 Å². The number of carbonyl (C=O) groups excluding carboxylic acids is 2. The molecule has 0 aromatic carbocycles. The third-order valence-electron chi connectivity index (χ3n) is 9.40. The van der Waals surface area contributed by atoms with Gasteiger partial charge in [0.25, 0.3) is 7.82 Å². The Balaban J connectivity index is 4.32. The van der Waals surface area contributed by atoms with Crippen LogP contribution in [0.4, 0.5) is 0 Å². The Bertz CT molecular complexity index is 1290. The zero-order chi connectivity index (χ0) is 44.3. The molecule has 0 aliphatic heterocycles. The minimum Gasteiger partial charge on any atom is -0.756 e. The second kappa shape index (κ2) is 41.5. The van der Waals surface area contributed by atoms with Gasteiger partial charge in [-0.1, -0.05) is 157 Å². The van der Waals surface area contributed by atoms with Crippen molar-refractivity contribution in [3.63, 3.8) is 0 Å². The first-order valence-electron chi connectivity index (χ1n) is 23.3. The molecule has 0 aromatic heterocycles. The summed E-state index contributed by atoms with van der Waals surface area (Å²) in [5, 5.41) is 0. The smallest absolute Gasteiger partial charge is 0.306 e.